The van der Waals surface area contributed by atoms with E-state index >= 15 is 0 Å². The van der Waals surface area contributed by atoms with Crippen LogP contribution in [0, 0.1) is 0 Å². The zero-order valence-electron chi connectivity index (χ0n) is 16.2. The number of carbonyl (C=O) groups is 1. The molecule has 23 heavy (non-hydrogen) atoms. The molecular formula is C18H37NO4. The van der Waals surface area contributed by atoms with Gasteiger partial charge in [-0.3, -0.25) is 4.79 Å². The number of hydrogen-bond donors (Lipinski definition) is 1. The van der Waals surface area contributed by atoms with E-state index in [2.05, 4.69) is 33.0 Å². The lowest BCUT2D eigenvalue weighted by molar-refractivity contribution is -0.129. The molecule has 0 saturated carbocycles. The Hall–Kier alpha value is -0.490. The minimum atomic E-state index is -0.346. The SMILES string of the molecule is CC(=O)COC(C)(C)CCOC(C)(C)CCOCCNC(C)C. The first-order valence-corrected chi connectivity index (χ1v) is 8.62. The summed E-state index contributed by atoms with van der Waals surface area (Å²) in [6, 6.07) is 0.493. The molecule has 0 fully saturated rings. The van der Waals surface area contributed by atoms with Gasteiger partial charge in [0.25, 0.3) is 0 Å². The highest BCUT2D eigenvalue weighted by molar-refractivity contribution is 5.76. The zero-order chi connectivity index (χ0) is 17.9. The molecule has 5 heteroatoms. The average molecular weight is 331 g/mol. The van der Waals surface area contributed by atoms with Crippen LogP contribution in [0.3, 0.4) is 0 Å². The topological polar surface area (TPSA) is 56.8 Å². The lowest BCUT2D eigenvalue weighted by Gasteiger charge is -2.29. The smallest absolute Gasteiger partial charge is 0.155 e. The van der Waals surface area contributed by atoms with Crippen molar-refractivity contribution in [2.24, 2.45) is 0 Å². The van der Waals surface area contributed by atoms with Crippen LogP contribution in [0.1, 0.15) is 61.3 Å². The summed E-state index contributed by atoms with van der Waals surface area (Å²) < 4.78 is 17.2. The Morgan fingerprint density at radius 2 is 1.52 bits per heavy atom. The molecule has 1 N–H and O–H groups in total. The van der Waals surface area contributed by atoms with Crippen molar-refractivity contribution >= 4 is 5.78 Å². The van der Waals surface area contributed by atoms with Gasteiger partial charge in [-0.2, -0.15) is 0 Å². The molecule has 0 aromatic rings. The first kappa shape index (κ1) is 22.5. The van der Waals surface area contributed by atoms with Gasteiger partial charge in [-0.25, -0.2) is 0 Å². The molecule has 0 saturated heterocycles. The molecule has 5 nitrogen and oxygen atoms in total. The van der Waals surface area contributed by atoms with Crippen LogP contribution in [0.2, 0.25) is 0 Å². The van der Waals surface area contributed by atoms with Crippen molar-refractivity contribution in [3.63, 3.8) is 0 Å². The molecule has 0 amide bonds. The van der Waals surface area contributed by atoms with E-state index in [9.17, 15) is 4.79 Å². The highest BCUT2D eigenvalue weighted by Gasteiger charge is 2.23. The fourth-order valence-corrected chi connectivity index (χ4v) is 1.85. The summed E-state index contributed by atoms with van der Waals surface area (Å²) in [6.07, 6.45) is 1.60. The first-order valence-electron chi connectivity index (χ1n) is 8.62. The van der Waals surface area contributed by atoms with Gasteiger partial charge < -0.3 is 19.5 Å². The molecule has 0 rings (SSSR count). The molecule has 0 bridgehead atoms. The van der Waals surface area contributed by atoms with Crippen molar-refractivity contribution in [2.75, 3.05) is 33.0 Å². The predicted octanol–water partition coefficient (Wildman–Crippen LogP) is 2.96. The normalized spacial score (nSPS) is 12.9. The maximum atomic E-state index is 11.0. The summed E-state index contributed by atoms with van der Waals surface area (Å²) in [4.78, 5) is 11.0. The van der Waals surface area contributed by atoms with Crippen LogP contribution < -0.4 is 5.32 Å². The van der Waals surface area contributed by atoms with E-state index in [1.54, 1.807) is 0 Å². The summed E-state index contributed by atoms with van der Waals surface area (Å²) in [6.45, 7) is 17.0. The lowest BCUT2D eigenvalue weighted by Crippen LogP contribution is -2.33. The van der Waals surface area contributed by atoms with Crippen molar-refractivity contribution in [2.45, 2.75) is 78.6 Å². The number of carbonyl (C=O) groups excluding carboxylic acids is 1. The molecule has 0 atom stereocenters. The van der Waals surface area contributed by atoms with Gasteiger partial charge in [0, 0.05) is 19.2 Å². The summed E-state index contributed by atoms with van der Waals surface area (Å²) in [5.74, 6) is 0.0448. The minimum Gasteiger partial charge on any atom is -0.380 e. The van der Waals surface area contributed by atoms with Crippen molar-refractivity contribution in [1.29, 1.82) is 0 Å². The fourth-order valence-electron chi connectivity index (χ4n) is 1.85. The van der Waals surface area contributed by atoms with Gasteiger partial charge in [-0.05, 0) is 47.5 Å². The summed E-state index contributed by atoms with van der Waals surface area (Å²) >= 11 is 0. The molecule has 0 aliphatic carbocycles. The second kappa shape index (κ2) is 11.1. The van der Waals surface area contributed by atoms with Crippen LogP contribution in [-0.2, 0) is 19.0 Å². The Bertz CT molecular complexity index is 327. The number of rotatable bonds is 14. The summed E-state index contributed by atoms with van der Waals surface area (Å²) in [5, 5.41) is 3.32. The molecule has 0 spiro atoms. The third-order valence-electron chi connectivity index (χ3n) is 3.51. The van der Waals surface area contributed by atoms with E-state index < -0.39 is 0 Å². The molecule has 0 aliphatic rings. The van der Waals surface area contributed by atoms with E-state index in [-0.39, 0.29) is 23.6 Å². The van der Waals surface area contributed by atoms with Crippen LogP contribution in [-0.4, -0.2) is 56.0 Å². The van der Waals surface area contributed by atoms with Crippen LogP contribution >= 0.6 is 0 Å². The molecule has 0 aromatic heterocycles. The second-order valence-corrected chi connectivity index (χ2v) is 7.58. The lowest BCUT2D eigenvalue weighted by atomic mass is 10.0. The monoisotopic (exact) mass is 331 g/mol. The number of hydrogen-bond acceptors (Lipinski definition) is 5. The Morgan fingerprint density at radius 3 is 2.09 bits per heavy atom. The van der Waals surface area contributed by atoms with Gasteiger partial charge in [0.05, 0.1) is 24.4 Å². The van der Waals surface area contributed by atoms with Gasteiger partial charge in [-0.15, -0.1) is 0 Å². The summed E-state index contributed by atoms with van der Waals surface area (Å²) in [7, 11) is 0. The number of ether oxygens (including phenoxy) is 3. The molecule has 0 aromatic carbocycles. The highest BCUT2D eigenvalue weighted by Crippen LogP contribution is 2.19. The fraction of sp³-hybridized carbons (Fsp3) is 0.944. The van der Waals surface area contributed by atoms with Crippen molar-refractivity contribution < 1.29 is 19.0 Å². The molecule has 0 radical (unpaired) electrons. The van der Waals surface area contributed by atoms with Crippen LogP contribution in [0.25, 0.3) is 0 Å². The third kappa shape index (κ3) is 14.8. The number of Topliss-reactive ketones (excluding diaryl/α,β-unsaturated/α-hetero) is 1. The third-order valence-corrected chi connectivity index (χ3v) is 3.51. The van der Waals surface area contributed by atoms with E-state index in [1.807, 2.05) is 13.8 Å². The first-order chi connectivity index (χ1) is 10.5. The quantitative estimate of drug-likeness (QED) is 0.496. The van der Waals surface area contributed by atoms with Crippen molar-refractivity contribution in [3.05, 3.63) is 0 Å². The van der Waals surface area contributed by atoms with Gasteiger partial charge in [-0.1, -0.05) is 13.8 Å². The minimum absolute atomic E-state index is 0.0448. The van der Waals surface area contributed by atoms with E-state index in [1.165, 1.54) is 6.92 Å². The average Bonchev–Trinajstić information content (AvgIpc) is 2.40. The van der Waals surface area contributed by atoms with Gasteiger partial charge in [0.15, 0.2) is 5.78 Å². The largest absolute Gasteiger partial charge is 0.380 e. The Labute approximate surface area is 142 Å². The van der Waals surface area contributed by atoms with Crippen molar-refractivity contribution in [3.8, 4) is 0 Å². The van der Waals surface area contributed by atoms with Crippen molar-refractivity contribution in [1.82, 2.24) is 5.32 Å². The number of ketones is 1. The van der Waals surface area contributed by atoms with Crippen LogP contribution in [0.15, 0.2) is 0 Å². The Kier molecular flexibility index (Phi) is 10.9. The molecular weight excluding hydrogens is 294 g/mol. The van der Waals surface area contributed by atoms with Gasteiger partial charge in [0.2, 0.25) is 0 Å². The Balaban J connectivity index is 3.80. The van der Waals surface area contributed by atoms with E-state index in [0.717, 1.165) is 26.0 Å². The molecule has 138 valence electrons. The maximum Gasteiger partial charge on any atom is 0.155 e. The molecule has 0 unspecified atom stereocenters. The standard InChI is InChI=1S/C18H37NO4/c1-15(2)19-10-13-21-11-8-17(4,5)22-12-9-18(6,7)23-14-16(3)20/h15,19H,8-14H2,1-7H3. The number of nitrogens with one attached hydrogen (secondary N) is 1. The Morgan fingerprint density at radius 1 is 0.957 bits per heavy atom. The van der Waals surface area contributed by atoms with E-state index in [0.29, 0.717) is 19.3 Å². The zero-order valence-corrected chi connectivity index (χ0v) is 16.2. The van der Waals surface area contributed by atoms with E-state index in [4.69, 9.17) is 14.2 Å². The maximum absolute atomic E-state index is 11.0. The molecule has 0 heterocycles. The van der Waals surface area contributed by atoms with Crippen LogP contribution in [0.4, 0.5) is 0 Å². The highest BCUT2D eigenvalue weighted by atomic mass is 16.5. The summed E-state index contributed by atoms with van der Waals surface area (Å²) in [5.41, 5.74) is -0.567. The predicted molar refractivity (Wildman–Crippen MR) is 93.9 cm³/mol. The van der Waals surface area contributed by atoms with Gasteiger partial charge in [0.1, 0.15) is 6.61 Å². The van der Waals surface area contributed by atoms with Crippen LogP contribution in [0.5, 0.6) is 0 Å². The van der Waals surface area contributed by atoms with Gasteiger partial charge >= 0.3 is 0 Å². The second-order valence-electron chi connectivity index (χ2n) is 7.58. The molecule has 0 aliphatic heterocycles.